The van der Waals surface area contributed by atoms with Crippen LogP contribution in [0.25, 0.3) is 0 Å². The van der Waals surface area contributed by atoms with Crippen molar-refractivity contribution < 1.29 is 36.7 Å². The summed E-state index contributed by atoms with van der Waals surface area (Å²) in [7, 11) is -3.54. The number of rotatable bonds is 4. The molecule has 0 aromatic rings. The Balaban J connectivity index is 1.33. The number of ether oxygens (including phenoxy) is 4. The molecule has 1 N–H and O–H groups in total. The summed E-state index contributed by atoms with van der Waals surface area (Å²) in [6.07, 6.45) is 9.25. The maximum absolute atomic E-state index is 12.3. The minimum atomic E-state index is -3.54. The number of fused-ring (bicyclic) bond motifs is 6. The fourth-order valence-corrected chi connectivity index (χ4v) is 9.94. The second-order valence-corrected chi connectivity index (χ2v) is 13.8. The van der Waals surface area contributed by atoms with Gasteiger partial charge in [0.2, 0.25) is 0 Å². The first-order valence-electron chi connectivity index (χ1n) is 13.2. The molecule has 8 nitrogen and oxygen atoms in total. The molecule has 0 aromatic heterocycles. The Morgan fingerprint density at radius 2 is 1.56 bits per heavy atom. The summed E-state index contributed by atoms with van der Waals surface area (Å²) in [4.78, 5) is 0. The van der Waals surface area contributed by atoms with Crippen LogP contribution >= 0.6 is 0 Å². The van der Waals surface area contributed by atoms with Gasteiger partial charge in [0.1, 0.15) is 0 Å². The quantitative estimate of drug-likeness (QED) is 0.588. The number of aliphatic hydroxyl groups is 1. The van der Waals surface area contributed by atoms with Crippen LogP contribution in [0.1, 0.15) is 71.1 Å². The van der Waals surface area contributed by atoms with Gasteiger partial charge in [-0.15, -0.1) is 0 Å². The minimum Gasteiger partial charge on any atom is -0.389 e. The van der Waals surface area contributed by atoms with Gasteiger partial charge in [0.05, 0.1) is 44.9 Å². The predicted molar refractivity (Wildman–Crippen MR) is 122 cm³/mol. The Morgan fingerprint density at radius 3 is 2.26 bits per heavy atom. The van der Waals surface area contributed by atoms with E-state index in [4.69, 9.17) is 23.1 Å². The van der Waals surface area contributed by atoms with E-state index in [2.05, 4.69) is 6.92 Å². The van der Waals surface area contributed by atoms with Crippen LogP contribution in [-0.4, -0.2) is 70.0 Å². The molecule has 2 heterocycles. The van der Waals surface area contributed by atoms with Crippen molar-refractivity contribution in [3.63, 3.8) is 0 Å². The highest BCUT2D eigenvalue weighted by Gasteiger charge is 2.71. The zero-order chi connectivity index (χ0) is 23.9. The molecule has 194 valence electrons. The fourth-order valence-electron chi connectivity index (χ4n) is 9.55. The average Bonchev–Trinajstić information content (AvgIpc) is 3.49. The van der Waals surface area contributed by atoms with Crippen LogP contribution in [0, 0.1) is 28.6 Å². The zero-order valence-corrected chi connectivity index (χ0v) is 21.4. The summed E-state index contributed by atoms with van der Waals surface area (Å²) in [6.45, 7) is 4.94. The van der Waals surface area contributed by atoms with Gasteiger partial charge in [0.25, 0.3) is 10.1 Å². The standard InChI is InChI=1S/C25H40O8S/c1-21-6-4-20-18(19(21)5-8-25(21)31-15-16-32-25)3-7-23(26)17-24(29-13-14-30-24)10-9-22(20,23)11-12-33-34(2,27)28/h18-20,26H,3-17H2,1-2H3/t18-,19-,20-,21-,22-,23+/m0/s1. The van der Waals surface area contributed by atoms with Gasteiger partial charge in [-0.25, -0.2) is 0 Å². The van der Waals surface area contributed by atoms with Crippen LogP contribution in [-0.2, 0) is 33.2 Å². The van der Waals surface area contributed by atoms with Crippen molar-refractivity contribution in [2.75, 3.05) is 39.3 Å². The van der Waals surface area contributed by atoms with Gasteiger partial charge in [-0.05, 0) is 62.7 Å². The molecular formula is C25H40O8S. The third-order valence-electron chi connectivity index (χ3n) is 10.9. The van der Waals surface area contributed by atoms with Crippen molar-refractivity contribution in [2.45, 2.75) is 88.3 Å². The van der Waals surface area contributed by atoms with E-state index in [0.717, 1.165) is 51.2 Å². The van der Waals surface area contributed by atoms with Crippen LogP contribution in [0.5, 0.6) is 0 Å². The van der Waals surface area contributed by atoms with Crippen LogP contribution in [0.3, 0.4) is 0 Å². The highest BCUT2D eigenvalue weighted by atomic mass is 32.2. The Labute approximate surface area is 203 Å². The van der Waals surface area contributed by atoms with E-state index in [-0.39, 0.29) is 12.0 Å². The van der Waals surface area contributed by atoms with Crippen molar-refractivity contribution in [2.24, 2.45) is 28.6 Å². The molecule has 0 radical (unpaired) electrons. The van der Waals surface area contributed by atoms with Crippen molar-refractivity contribution in [3.8, 4) is 0 Å². The zero-order valence-electron chi connectivity index (χ0n) is 20.6. The molecule has 34 heavy (non-hydrogen) atoms. The average molecular weight is 501 g/mol. The molecule has 9 heteroatoms. The molecule has 6 aliphatic rings. The number of hydrogen-bond donors (Lipinski definition) is 1. The van der Waals surface area contributed by atoms with E-state index in [1.807, 2.05) is 0 Å². The Morgan fingerprint density at radius 1 is 0.882 bits per heavy atom. The lowest BCUT2D eigenvalue weighted by Crippen LogP contribution is -2.67. The third-order valence-corrected chi connectivity index (χ3v) is 11.5. The molecule has 6 fully saturated rings. The molecule has 0 unspecified atom stereocenters. The molecule has 0 amide bonds. The van der Waals surface area contributed by atoms with Crippen molar-refractivity contribution >= 4 is 10.1 Å². The molecule has 0 bridgehead atoms. The van der Waals surface area contributed by atoms with Crippen LogP contribution < -0.4 is 0 Å². The largest absolute Gasteiger partial charge is 0.389 e. The topological polar surface area (TPSA) is 101 Å². The summed E-state index contributed by atoms with van der Waals surface area (Å²) in [5, 5.41) is 12.3. The summed E-state index contributed by atoms with van der Waals surface area (Å²) >= 11 is 0. The SMILES string of the molecule is C[C@]12CC[C@H]3[C@@H](CC[C@@]4(O)CC5(CC[C@]34CCOS(C)(=O)=O)OCCO5)[C@@H]1CCC21OCCO1. The molecule has 2 aliphatic heterocycles. The Bertz CT molecular complexity index is 910. The molecule has 4 aliphatic carbocycles. The molecule has 6 rings (SSSR count). The van der Waals surface area contributed by atoms with Gasteiger partial charge in [-0.1, -0.05) is 6.92 Å². The highest BCUT2D eigenvalue weighted by molar-refractivity contribution is 7.85. The van der Waals surface area contributed by atoms with Gasteiger partial charge >= 0.3 is 0 Å². The predicted octanol–water partition coefficient (Wildman–Crippen LogP) is 2.98. The molecule has 2 saturated heterocycles. The first kappa shape index (κ1) is 24.1. The summed E-state index contributed by atoms with van der Waals surface area (Å²) in [5.41, 5.74) is -1.38. The lowest BCUT2D eigenvalue weighted by Gasteiger charge is -2.66. The second kappa shape index (κ2) is 7.85. The van der Waals surface area contributed by atoms with Crippen molar-refractivity contribution in [1.29, 1.82) is 0 Å². The van der Waals surface area contributed by atoms with E-state index in [1.165, 1.54) is 0 Å². The lowest BCUT2D eigenvalue weighted by molar-refractivity contribution is -0.300. The normalized spacial score (nSPS) is 47.0. The molecule has 0 aromatic carbocycles. The van der Waals surface area contributed by atoms with Gasteiger partial charge in [0, 0.05) is 30.1 Å². The summed E-state index contributed by atoms with van der Waals surface area (Å²) in [6, 6.07) is 0. The molecular weight excluding hydrogens is 460 g/mol. The summed E-state index contributed by atoms with van der Waals surface area (Å²) in [5.74, 6) is 0.100. The molecule has 2 spiro atoms. The van der Waals surface area contributed by atoms with E-state index < -0.39 is 32.7 Å². The van der Waals surface area contributed by atoms with Crippen molar-refractivity contribution in [1.82, 2.24) is 0 Å². The smallest absolute Gasteiger partial charge is 0.264 e. The minimum absolute atomic E-state index is 0.0157. The van der Waals surface area contributed by atoms with E-state index in [0.29, 0.717) is 63.4 Å². The highest BCUT2D eigenvalue weighted by Crippen LogP contribution is 2.71. The van der Waals surface area contributed by atoms with Gasteiger partial charge in [0.15, 0.2) is 11.6 Å². The number of hydrogen-bond acceptors (Lipinski definition) is 8. The Hall–Kier alpha value is -0.290. The van der Waals surface area contributed by atoms with Crippen molar-refractivity contribution in [3.05, 3.63) is 0 Å². The van der Waals surface area contributed by atoms with Crippen LogP contribution in [0.2, 0.25) is 0 Å². The third kappa shape index (κ3) is 3.33. The van der Waals surface area contributed by atoms with Crippen LogP contribution in [0.15, 0.2) is 0 Å². The lowest BCUT2D eigenvalue weighted by atomic mass is 9.42. The monoisotopic (exact) mass is 500 g/mol. The summed E-state index contributed by atoms with van der Waals surface area (Å²) < 4.78 is 53.5. The van der Waals surface area contributed by atoms with E-state index in [9.17, 15) is 13.5 Å². The molecule has 6 atom stereocenters. The van der Waals surface area contributed by atoms with Crippen LogP contribution in [0.4, 0.5) is 0 Å². The van der Waals surface area contributed by atoms with E-state index in [1.54, 1.807) is 0 Å². The first-order chi connectivity index (χ1) is 16.1. The van der Waals surface area contributed by atoms with Gasteiger partial charge in [-0.2, -0.15) is 8.42 Å². The first-order valence-corrected chi connectivity index (χ1v) is 15.0. The van der Waals surface area contributed by atoms with Gasteiger partial charge in [-0.3, -0.25) is 4.18 Å². The second-order valence-electron chi connectivity index (χ2n) is 12.1. The Kier molecular flexibility index (Phi) is 5.56. The maximum Gasteiger partial charge on any atom is 0.264 e. The fraction of sp³-hybridized carbons (Fsp3) is 1.00. The van der Waals surface area contributed by atoms with E-state index >= 15 is 0 Å². The maximum atomic E-state index is 12.3. The molecule has 4 saturated carbocycles. The van der Waals surface area contributed by atoms with Gasteiger partial charge < -0.3 is 24.1 Å².